The average molecular weight is 379 g/mol. The van der Waals surface area contributed by atoms with Crippen LogP contribution in [0.15, 0.2) is 42.5 Å². The second-order valence-electron chi connectivity index (χ2n) is 7.14. The van der Waals surface area contributed by atoms with Crippen molar-refractivity contribution in [3.8, 4) is 0 Å². The van der Waals surface area contributed by atoms with Crippen LogP contribution in [0.5, 0.6) is 0 Å². The maximum Gasteiger partial charge on any atom is 0.237 e. The number of carbonyl (C=O) groups is 3. The number of rotatable bonds is 4. The third-order valence-corrected chi connectivity index (χ3v) is 6.74. The van der Waals surface area contributed by atoms with E-state index in [9.17, 15) is 14.4 Å². The SMILES string of the molecule is C[C@@H](SC1CCCC1)C(=O)Nc1ccc2c(c1)C(=O)c1ccccc1C2=O. The van der Waals surface area contributed by atoms with Gasteiger partial charge in [-0.15, -0.1) is 11.8 Å². The van der Waals surface area contributed by atoms with Crippen molar-refractivity contribution in [1.29, 1.82) is 0 Å². The highest BCUT2D eigenvalue weighted by Gasteiger charge is 2.30. The normalized spacial score (nSPS) is 17.4. The molecule has 1 amide bonds. The fourth-order valence-corrected chi connectivity index (χ4v) is 5.16. The Balaban J connectivity index is 1.53. The maximum absolute atomic E-state index is 12.8. The Bertz CT molecular complexity index is 931. The molecule has 1 saturated carbocycles. The number of thioether (sulfide) groups is 1. The third-order valence-electron chi connectivity index (χ3n) is 5.26. The molecule has 2 aliphatic carbocycles. The van der Waals surface area contributed by atoms with Gasteiger partial charge in [-0.25, -0.2) is 0 Å². The van der Waals surface area contributed by atoms with Gasteiger partial charge in [0, 0.05) is 33.2 Å². The highest BCUT2D eigenvalue weighted by atomic mass is 32.2. The van der Waals surface area contributed by atoms with Gasteiger partial charge >= 0.3 is 0 Å². The highest BCUT2D eigenvalue weighted by Crippen LogP contribution is 2.33. The Hall–Kier alpha value is -2.40. The number of carbonyl (C=O) groups excluding carboxylic acids is 3. The molecule has 138 valence electrons. The van der Waals surface area contributed by atoms with Gasteiger partial charge < -0.3 is 5.32 Å². The summed E-state index contributed by atoms with van der Waals surface area (Å²) >= 11 is 1.72. The van der Waals surface area contributed by atoms with Gasteiger partial charge in [0.1, 0.15) is 0 Å². The van der Waals surface area contributed by atoms with Gasteiger partial charge in [-0.05, 0) is 38.0 Å². The largest absolute Gasteiger partial charge is 0.325 e. The molecule has 1 fully saturated rings. The Morgan fingerprint density at radius 3 is 2.22 bits per heavy atom. The zero-order valence-electron chi connectivity index (χ0n) is 15.2. The van der Waals surface area contributed by atoms with Crippen molar-refractivity contribution in [2.75, 3.05) is 5.32 Å². The van der Waals surface area contributed by atoms with Gasteiger partial charge in [0.15, 0.2) is 11.6 Å². The van der Waals surface area contributed by atoms with Crippen molar-refractivity contribution in [1.82, 2.24) is 0 Å². The molecule has 27 heavy (non-hydrogen) atoms. The van der Waals surface area contributed by atoms with E-state index in [0.29, 0.717) is 33.2 Å². The molecule has 0 aromatic heterocycles. The van der Waals surface area contributed by atoms with Crippen molar-refractivity contribution >= 4 is 34.9 Å². The summed E-state index contributed by atoms with van der Waals surface area (Å²) in [6.45, 7) is 1.92. The lowest BCUT2D eigenvalue weighted by molar-refractivity contribution is -0.115. The molecule has 4 rings (SSSR count). The van der Waals surface area contributed by atoms with Crippen LogP contribution < -0.4 is 5.32 Å². The van der Waals surface area contributed by atoms with Crippen molar-refractivity contribution in [2.45, 2.75) is 43.1 Å². The zero-order valence-corrected chi connectivity index (χ0v) is 16.0. The summed E-state index contributed by atoms with van der Waals surface area (Å²) in [6.07, 6.45) is 4.84. The summed E-state index contributed by atoms with van der Waals surface area (Å²) in [5, 5.41) is 3.31. The molecule has 0 bridgehead atoms. The van der Waals surface area contributed by atoms with Crippen LogP contribution in [0.25, 0.3) is 0 Å². The van der Waals surface area contributed by atoms with Gasteiger partial charge in [0.05, 0.1) is 5.25 Å². The fraction of sp³-hybridized carbons (Fsp3) is 0.318. The third kappa shape index (κ3) is 3.44. The molecule has 5 heteroatoms. The first-order valence-corrected chi connectivity index (χ1v) is 10.3. The minimum absolute atomic E-state index is 0.0677. The summed E-state index contributed by atoms with van der Waals surface area (Å²) in [5.41, 5.74) is 2.16. The molecule has 0 radical (unpaired) electrons. The highest BCUT2D eigenvalue weighted by molar-refractivity contribution is 8.01. The first-order valence-electron chi connectivity index (χ1n) is 9.33. The predicted molar refractivity (Wildman–Crippen MR) is 108 cm³/mol. The fourth-order valence-electron chi connectivity index (χ4n) is 3.80. The van der Waals surface area contributed by atoms with Crippen LogP contribution in [0.1, 0.15) is 64.4 Å². The average Bonchev–Trinajstić information content (AvgIpc) is 3.19. The van der Waals surface area contributed by atoms with Crippen LogP contribution in [0.2, 0.25) is 0 Å². The molecule has 0 spiro atoms. The zero-order chi connectivity index (χ0) is 19.0. The number of benzene rings is 2. The Labute approximate surface area is 162 Å². The Morgan fingerprint density at radius 1 is 0.963 bits per heavy atom. The molecule has 0 aliphatic heterocycles. The van der Waals surface area contributed by atoms with E-state index in [1.165, 1.54) is 25.7 Å². The molecule has 0 heterocycles. The van der Waals surface area contributed by atoms with E-state index in [1.807, 2.05) is 6.92 Å². The lowest BCUT2D eigenvalue weighted by Crippen LogP contribution is -2.25. The lowest BCUT2D eigenvalue weighted by atomic mass is 9.84. The first-order chi connectivity index (χ1) is 13.0. The molecule has 2 aliphatic rings. The van der Waals surface area contributed by atoms with E-state index in [2.05, 4.69) is 5.32 Å². The number of ketones is 2. The van der Waals surface area contributed by atoms with Gasteiger partial charge in [-0.1, -0.05) is 37.1 Å². The standard InChI is InChI=1S/C22H21NO3S/c1-13(27-15-6-2-3-7-15)22(26)23-14-10-11-18-19(12-14)21(25)17-9-5-4-8-16(17)20(18)24/h4-5,8-13,15H,2-3,6-7H2,1H3,(H,23,26)/t13-/m1/s1. The minimum atomic E-state index is -0.176. The van der Waals surface area contributed by atoms with E-state index >= 15 is 0 Å². The molecular formula is C22H21NO3S. The summed E-state index contributed by atoms with van der Waals surface area (Å²) in [7, 11) is 0. The molecular weight excluding hydrogens is 358 g/mol. The second-order valence-corrected chi connectivity index (χ2v) is 8.78. The second kappa shape index (κ2) is 7.31. The minimum Gasteiger partial charge on any atom is -0.325 e. The van der Waals surface area contributed by atoms with E-state index in [4.69, 9.17) is 0 Å². The summed E-state index contributed by atoms with van der Waals surface area (Å²) in [5.74, 6) is -0.394. The monoisotopic (exact) mass is 379 g/mol. The summed E-state index contributed by atoms with van der Waals surface area (Å²) in [4.78, 5) is 38.0. The molecule has 4 nitrogen and oxygen atoms in total. The summed E-state index contributed by atoms with van der Waals surface area (Å²) < 4.78 is 0. The molecule has 1 N–H and O–H groups in total. The maximum atomic E-state index is 12.8. The van der Waals surface area contributed by atoms with E-state index in [-0.39, 0.29) is 22.7 Å². The van der Waals surface area contributed by atoms with Crippen molar-refractivity contribution in [2.24, 2.45) is 0 Å². The molecule has 0 saturated heterocycles. The van der Waals surface area contributed by atoms with Crippen molar-refractivity contribution < 1.29 is 14.4 Å². The Morgan fingerprint density at radius 2 is 1.56 bits per heavy atom. The summed E-state index contributed by atoms with van der Waals surface area (Å²) in [6, 6.07) is 11.8. The van der Waals surface area contributed by atoms with Gasteiger partial charge in [0.25, 0.3) is 0 Å². The molecule has 2 aromatic carbocycles. The lowest BCUT2D eigenvalue weighted by Gasteiger charge is -2.19. The van der Waals surface area contributed by atoms with Crippen LogP contribution in [-0.2, 0) is 4.79 Å². The molecule has 2 aromatic rings. The van der Waals surface area contributed by atoms with Gasteiger partial charge in [-0.2, -0.15) is 0 Å². The van der Waals surface area contributed by atoms with Gasteiger partial charge in [0.2, 0.25) is 5.91 Å². The van der Waals surface area contributed by atoms with Crippen LogP contribution in [0.4, 0.5) is 5.69 Å². The van der Waals surface area contributed by atoms with Crippen LogP contribution >= 0.6 is 11.8 Å². The number of amides is 1. The molecule has 1 atom stereocenters. The van der Waals surface area contributed by atoms with E-state index in [0.717, 1.165) is 0 Å². The van der Waals surface area contributed by atoms with Gasteiger partial charge in [-0.3, -0.25) is 14.4 Å². The number of hydrogen-bond acceptors (Lipinski definition) is 4. The Kier molecular flexibility index (Phi) is 4.87. The van der Waals surface area contributed by atoms with Crippen LogP contribution in [0.3, 0.4) is 0 Å². The number of hydrogen-bond donors (Lipinski definition) is 1. The van der Waals surface area contributed by atoms with E-state index in [1.54, 1.807) is 54.2 Å². The van der Waals surface area contributed by atoms with Crippen LogP contribution in [0, 0.1) is 0 Å². The first kappa shape index (κ1) is 18.0. The topological polar surface area (TPSA) is 63.2 Å². The van der Waals surface area contributed by atoms with E-state index < -0.39 is 0 Å². The number of fused-ring (bicyclic) bond motifs is 2. The van der Waals surface area contributed by atoms with Crippen molar-refractivity contribution in [3.63, 3.8) is 0 Å². The number of anilines is 1. The van der Waals surface area contributed by atoms with Crippen molar-refractivity contribution in [3.05, 3.63) is 64.7 Å². The predicted octanol–water partition coefficient (Wildman–Crippen LogP) is 4.46. The smallest absolute Gasteiger partial charge is 0.237 e. The quantitative estimate of drug-likeness (QED) is 0.727. The number of nitrogens with one attached hydrogen (secondary N) is 1. The molecule has 0 unspecified atom stereocenters. The van der Waals surface area contributed by atoms with Crippen LogP contribution in [-0.4, -0.2) is 28.0 Å².